The quantitative estimate of drug-likeness (QED) is 0.749. The van der Waals surface area contributed by atoms with Gasteiger partial charge in [-0.25, -0.2) is 4.98 Å². The SMILES string of the molecule is Cl.NCCc1nc(C(=O)NCC(O)c2ccsc2)cs1. The summed E-state index contributed by atoms with van der Waals surface area (Å²) in [4.78, 5) is 16.0. The number of aliphatic hydroxyl groups is 1. The summed E-state index contributed by atoms with van der Waals surface area (Å²) in [6.07, 6.45) is -0.00694. The van der Waals surface area contributed by atoms with Crippen molar-refractivity contribution in [1.82, 2.24) is 10.3 Å². The van der Waals surface area contributed by atoms with Crippen LogP contribution in [0.2, 0.25) is 0 Å². The van der Waals surface area contributed by atoms with Crippen molar-refractivity contribution in [3.63, 3.8) is 0 Å². The van der Waals surface area contributed by atoms with Crippen molar-refractivity contribution in [3.05, 3.63) is 38.5 Å². The van der Waals surface area contributed by atoms with Gasteiger partial charge < -0.3 is 16.2 Å². The van der Waals surface area contributed by atoms with E-state index in [1.54, 1.807) is 5.38 Å². The zero-order chi connectivity index (χ0) is 13.7. The molecule has 0 aliphatic carbocycles. The number of hydrogen-bond acceptors (Lipinski definition) is 6. The Hall–Kier alpha value is -0.990. The molecule has 2 aromatic rings. The number of amides is 1. The predicted octanol–water partition coefficient (Wildman–Crippen LogP) is 1.59. The Morgan fingerprint density at radius 1 is 1.50 bits per heavy atom. The van der Waals surface area contributed by atoms with Crippen LogP contribution in [-0.4, -0.2) is 29.1 Å². The molecule has 0 saturated heterocycles. The maximum atomic E-state index is 11.8. The van der Waals surface area contributed by atoms with E-state index in [1.165, 1.54) is 22.7 Å². The smallest absolute Gasteiger partial charge is 0.270 e. The van der Waals surface area contributed by atoms with Crippen molar-refractivity contribution >= 4 is 41.0 Å². The number of rotatable bonds is 6. The highest BCUT2D eigenvalue weighted by Gasteiger charge is 2.13. The average molecular weight is 334 g/mol. The molecule has 1 amide bonds. The molecule has 2 aromatic heterocycles. The maximum Gasteiger partial charge on any atom is 0.270 e. The Labute approximate surface area is 131 Å². The van der Waals surface area contributed by atoms with Crippen molar-refractivity contribution in [1.29, 1.82) is 0 Å². The summed E-state index contributed by atoms with van der Waals surface area (Å²) in [5.74, 6) is -0.270. The van der Waals surface area contributed by atoms with E-state index in [2.05, 4.69) is 10.3 Å². The van der Waals surface area contributed by atoms with Crippen molar-refractivity contribution in [2.24, 2.45) is 5.73 Å². The molecule has 0 aromatic carbocycles. The number of thiazole rings is 1. The number of carbonyl (C=O) groups is 1. The third kappa shape index (κ3) is 4.53. The zero-order valence-electron chi connectivity index (χ0n) is 10.6. The van der Waals surface area contributed by atoms with Crippen LogP contribution in [0.1, 0.15) is 27.2 Å². The molecule has 2 rings (SSSR count). The molecule has 5 nitrogen and oxygen atoms in total. The van der Waals surface area contributed by atoms with Crippen molar-refractivity contribution in [3.8, 4) is 0 Å². The largest absolute Gasteiger partial charge is 0.387 e. The summed E-state index contributed by atoms with van der Waals surface area (Å²) in [6.45, 7) is 0.699. The number of thiophene rings is 1. The first-order chi connectivity index (χ1) is 9.20. The first-order valence-electron chi connectivity index (χ1n) is 5.83. The molecule has 1 unspecified atom stereocenters. The van der Waals surface area contributed by atoms with Gasteiger partial charge in [0.05, 0.1) is 11.1 Å². The molecule has 1 atom stereocenters. The monoisotopic (exact) mass is 333 g/mol. The van der Waals surface area contributed by atoms with Gasteiger partial charge in [0.2, 0.25) is 0 Å². The van der Waals surface area contributed by atoms with Crippen LogP contribution >= 0.6 is 35.1 Å². The lowest BCUT2D eigenvalue weighted by Gasteiger charge is -2.09. The van der Waals surface area contributed by atoms with E-state index < -0.39 is 6.10 Å². The van der Waals surface area contributed by atoms with Crippen molar-refractivity contribution < 1.29 is 9.90 Å². The minimum Gasteiger partial charge on any atom is -0.387 e. The number of aliphatic hydroxyl groups excluding tert-OH is 1. The van der Waals surface area contributed by atoms with Gasteiger partial charge in [-0.2, -0.15) is 11.3 Å². The van der Waals surface area contributed by atoms with Crippen LogP contribution in [0.3, 0.4) is 0 Å². The number of nitrogens with two attached hydrogens (primary N) is 1. The topological polar surface area (TPSA) is 88.2 Å². The summed E-state index contributed by atoms with van der Waals surface area (Å²) < 4.78 is 0. The van der Waals surface area contributed by atoms with E-state index in [1.807, 2.05) is 16.8 Å². The minimum atomic E-state index is -0.683. The molecule has 0 aliphatic heterocycles. The fourth-order valence-corrected chi connectivity index (χ4v) is 3.02. The number of halogens is 1. The van der Waals surface area contributed by atoms with E-state index in [-0.39, 0.29) is 24.9 Å². The van der Waals surface area contributed by atoms with E-state index >= 15 is 0 Å². The van der Waals surface area contributed by atoms with Crippen molar-refractivity contribution in [2.75, 3.05) is 13.1 Å². The van der Waals surface area contributed by atoms with Crippen LogP contribution in [0.15, 0.2) is 22.2 Å². The standard InChI is InChI=1S/C12H15N3O2S2.ClH/c13-3-1-11-15-9(7-19-11)12(17)14-5-10(16)8-2-4-18-6-8;/h2,4,6-7,10,16H,1,3,5,13H2,(H,14,17);1H. The second-order valence-electron chi connectivity index (χ2n) is 3.95. The Balaban J connectivity index is 0.00000200. The summed E-state index contributed by atoms with van der Waals surface area (Å²) in [5, 5.41) is 18.8. The Morgan fingerprint density at radius 3 is 2.95 bits per heavy atom. The van der Waals surface area contributed by atoms with Gasteiger partial charge in [0, 0.05) is 18.3 Å². The first kappa shape index (κ1) is 17.1. The number of hydrogen-bond donors (Lipinski definition) is 3. The average Bonchev–Trinajstić information content (AvgIpc) is 3.06. The van der Waals surface area contributed by atoms with Crippen LogP contribution in [-0.2, 0) is 6.42 Å². The number of nitrogens with one attached hydrogen (secondary N) is 1. The minimum absolute atomic E-state index is 0. The summed E-state index contributed by atoms with van der Waals surface area (Å²) in [6, 6.07) is 1.84. The predicted molar refractivity (Wildman–Crippen MR) is 83.7 cm³/mol. The van der Waals surface area contributed by atoms with Crippen LogP contribution in [0.5, 0.6) is 0 Å². The molecule has 0 saturated carbocycles. The second-order valence-corrected chi connectivity index (χ2v) is 5.67. The van der Waals surface area contributed by atoms with Crippen LogP contribution < -0.4 is 11.1 Å². The molecule has 0 spiro atoms. The fraction of sp³-hybridized carbons (Fsp3) is 0.333. The number of nitrogens with zero attached hydrogens (tertiary/aromatic N) is 1. The lowest BCUT2D eigenvalue weighted by atomic mass is 10.2. The van der Waals surface area contributed by atoms with Gasteiger partial charge >= 0.3 is 0 Å². The van der Waals surface area contributed by atoms with Gasteiger partial charge in [0.1, 0.15) is 5.69 Å². The Morgan fingerprint density at radius 2 is 2.30 bits per heavy atom. The van der Waals surface area contributed by atoms with E-state index in [0.29, 0.717) is 18.7 Å². The molecular weight excluding hydrogens is 318 g/mol. The van der Waals surface area contributed by atoms with E-state index in [4.69, 9.17) is 5.73 Å². The fourth-order valence-electron chi connectivity index (χ4n) is 1.52. The molecule has 20 heavy (non-hydrogen) atoms. The molecule has 0 radical (unpaired) electrons. The third-order valence-electron chi connectivity index (χ3n) is 2.53. The molecule has 0 bridgehead atoms. The molecule has 2 heterocycles. The Bertz CT molecular complexity index is 531. The lowest BCUT2D eigenvalue weighted by molar-refractivity contribution is 0.0912. The lowest BCUT2D eigenvalue weighted by Crippen LogP contribution is -2.28. The molecular formula is C12H16ClN3O2S2. The molecule has 8 heteroatoms. The highest BCUT2D eigenvalue weighted by molar-refractivity contribution is 7.09. The second kappa shape index (κ2) is 8.33. The third-order valence-corrected chi connectivity index (χ3v) is 4.14. The van der Waals surface area contributed by atoms with Gasteiger partial charge in [-0.1, -0.05) is 0 Å². The first-order valence-corrected chi connectivity index (χ1v) is 7.65. The zero-order valence-corrected chi connectivity index (χ0v) is 13.1. The number of aromatic nitrogens is 1. The van der Waals surface area contributed by atoms with Gasteiger partial charge in [-0.3, -0.25) is 4.79 Å². The van der Waals surface area contributed by atoms with Crippen molar-refractivity contribution in [2.45, 2.75) is 12.5 Å². The molecule has 0 fully saturated rings. The highest BCUT2D eigenvalue weighted by atomic mass is 35.5. The van der Waals surface area contributed by atoms with Crippen LogP contribution in [0.25, 0.3) is 0 Å². The van der Waals surface area contributed by atoms with Gasteiger partial charge in [-0.15, -0.1) is 23.7 Å². The Kier molecular flexibility index (Phi) is 7.11. The van der Waals surface area contributed by atoms with Gasteiger partial charge in [0.25, 0.3) is 5.91 Å². The van der Waals surface area contributed by atoms with Gasteiger partial charge in [-0.05, 0) is 28.9 Å². The normalized spacial score (nSPS) is 11.7. The molecule has 110 valence electrons. The van der Waals surface area contributed by atoms with E-state index in [9.17, 15) is 9.90 Å². The molecule has 4 N–H and O–H groups in total. The summed E-state index contributed by atoms with van der Waals surface area (Å²) in [7, 11) is 0. The summed E-state index contributed by atoms with van der Waals surface area (Å²) in [5.41, 5.74) is 6.63. The van der Waals surface area contributed by atoms with Crippen LogP contribution in [0.4, 0.5) is 0 Å². The highest BCUT2D eigenvalue weighted by Crippen LogP contribution is 2.15. The summed E-state index contributed by atoms with van der Waals surface area (Å²) >= 11 is 2.93. The van der Waals surface area contributed by atoms with E-state index in [0.717, 1.165) is 10.6 Å². The number of carbonyl (C=O) groups excluding carboxylic acids is 1. The van der Waals surface area contributed by atoms with Gasteiger partial charge in [0.15, 0.2) is 0 Å². The molecule has 0 aliphatic rings. The maximum absolute atomic E-state index is 11.8. The van der Waals surface area contributed by atoms with Crippen LogP contribution in [0, 0.1) is 0 Å².